The standard InChI is InChI=1S/C30H22/c1-3-8-21(9-4-1)28(22-10-5-2-6-11-22)20-26-17-16-25-15-14-23-12-7-13-24-18-19-27(26)30(25)29(23)24/h1-12,14,16-20H,13,15H2. The predicted octanol–water partition coefficient (Wildman–Crippen LogP) is 7.48. The van der Waals surface area contributed by atoms with Crippen LogP contribution in [0.5, 0.6) is 0 Å². The lowest BCUT2D eigenvalue weighted by Crippen LogP contribution is -2.05. The number of hydrogen-bond donors (Lipinski definition) is 0. The molecule has 0 aromatic heterocycles. The summed E-state index contributed by atoms with van der Waals surface area (Å²) in [5.74, 6) is 0. The quantitative estimate of drug-likeness (QED) is 0.322. The lowest BCUT2D eigenvalue weighted by molar-refractivity contribution is 1.20. The van der Waals surface area contributed by atoms with E-state index < -0.39 is 0 Å². The highest BCUT2D eigenvalue weighted by Gasteiger charge is 2.20. The Kier molecular flexibility index (Phi) is 4.02. The zero-order chi connectivity index (χ0) is 19.9. The number of rotatable bonds is 3. The summed E-state index contributed by atoms with van der Waals surface area (Å²) < 4.78 is 0. The lowest BCUT2D eigenvalue weighted by atomic mass is 9.80. The minimum Gasteiger partial charge on any atom is -0.0795 e. The molecule has 0 heterocycles. The molecule has 0 spiro atoms. The Morgan fingerprint density at radius 3 is 2.10 bits per heavy atom. The van der Waals surface area contributed by atoms with E-state index in [0.29, 0.717) is 0 Å². The molecular weight excluding hydrogens is 360 g/mol. The van der Waals surface area contributed by atoms with Crippen molar-refractivity contribution in [2.45, 2.75) is 12.8 Å². The second kappa shape index (κ2) is 7.00. The first-order valence-electron chi connectivity index (χ1n) is 10.7. The van der Waals surface area contributed by atoms with Crippen molar-refractivity contribution in [1.29, 1.82) is 0 Å². The molecule has 0 aliphatic heterocycles. The highest BCUT2D eigenvalue weighted by atomic mass is 14.2. The van der Waals surface area contributed by atoms with Gasteiger partial charge in [-0.15, -0.1) is 0 Å². The Labute approximate surface area is 177 Å². The Balaban J connectivity index is 1.62. The van der Waals surface area contributed by atoms with Crippen LogP contribution in [0.3, 0.4) is 0 Å². The molecule has 142 valence electrons. The van der Waals surface area contributed by atoms with Crippen LogP contribution < -0.4 is 0 Å². The molecule has 0 saturated heterocycles. The molecule has 0 saturated carbocycles. The van der Waals surface area contributed by atoms with Crippen molar-refractivity contribution in [2.24, 2.45) is 0 Å². The molecule has 0 unspecified atom stereocenters. The summed E-state index contributed by atoms with van der Waals surface area (Å²) in [5.41, 5.74) is 10.8. The van der Waals surface area contributed by atoms with Crippen LogP contribution in [-0.4, -0.2) is 0 Å². The summed E-state index contributed by atoms with van der Waals surface area (Å²) in [6.45, 7) is 0. The molecule has 6 rings (SSSR count). The molecule has 0 atom stereocenters. The molecule has 0 nitrogen and oxygen atoms in total. The summed E-state index contributed by atoms with van der Waals surface area (Å²) in [6, 6.07) is 30.7. The van der Waals surface area contributed by atoms with E-state index in [0.717, 1.165) is 12.8 Å². The van der Waals surface area contributed by atoms with Crippen molar-refractivity contribution >= 4 is 28.0 Å². The zero-order valence-corrected chi connectivity index (χ0v) is 16.8. The van der Waals surface area contributed by atoms with E-state index in [1.807, 2.05) is 0 Å². The molecule has 0 N–H and O–H groups in total. The second-order valence-corrected chi connectivity index (χ2v) is 8.10. The lowest BCUT2D eigenvalue weighted by Gasteiger charge is -2.24. The van der Waals surface area contributed by atoms with E-state index in [2.05, 4.69) is 109 Å². The number of allylic oxidation sites excluding steroid dienone is 4. The van der Waals surface area contributed by atoms with Gasteiger partial charge in [0.05, 0.1) is 0 Å². The first-order valence-corrected chi connectivity index (χ1v) is 10.7. The summed E-state index contributed by atoms with van der Waals surface area (Å²) in [4.78, 5) is 0. The molecule has 2 aliphatic rings. The van der Waals surface area contributed by atoms with E-state index in [1.54, 1.807) is 0 Å². The van der Waals surface area contributed by atoms with Crippen LogP contribution in [0.25, 0.3) is 28.0 Å². The van der Waals surface area contributed by atoms with Gasteiger partial charge in [-0.25, -0.2) is 0 Å². The molecule has 0 heteroatoms. The van der Waals surface area contributed by atoms with Crippen molar-refractivity contribution in [3.63, 3.8) is 0 Å². The third-order valence-electron chi connectivity index (χ3n) is 6.32. The van der Waals surface area contributed by atoms with E-state index in [-0.39, 0.29) is 0 Å². The maximum atomic E-state index is 2.38. The van der Waals surface area contributed by atoms with E-state index in [9.17, 15) is 0 Å². The Morgan fingerprint density at radius 1 is 0.667 bits per heavy atom. The van der Waals surface area contributed by atoms with Gasteiger partial charge in [0.15, 0.2) is 0 Å². The second-order valence-electron chi connectivity index (χ2n) is 8.10. The fraction of sp³-hybridized carbons (Fsp3) is 0.0667. The maximum Gasteiger partial charge on any atom is -0.00614 e. The van der Waals surface area contributed by atoms with Crippen molar-refractivity contribution in [2.75, 3.05) is 0 Å². The Hall–Kier alpha value is -3.64. The smallest absolute Gasteiger partial charge is 0.00614 e. The number of benzene rings is 4. The van der Waals surface area contributed by atoms with Gasteiger partial charge in [0.25, 0.3) is 0 Å². The van der Waals surface area contributed by atoms with Gasteiger partial charge in [-0.05, 0) is 74.2 Å². The highest BCUT2D eigenvalue weighted by Crippen LogP contribution is 2.40. The molecule has 2 aliphatic carbocycles. The maximum absolute atomic E-state index is 2.38. The fourth-order valence-electron chi connectivity index (χ4n) is 4.89. The van der Waals surface area contributed by atoms with Gasteiger partial charge in [-0.3, -0.25) is 0 Å². The SMILES string of the molecule is C1=CC2=CCc3ccc(C=C(c4ccccc4)c4ccccc4)c4ccc(c2c34)C1. The molecule has 4 aromatic carbocycles. The number of hydrogen-bond acceptors (Lipinski definition) is 0. The highest BCUT2D eigenvalue weighted by molar-refractivity contribution is 6.07. The predicted molar refractivity (Wildman–Crippen MR) is 128 cm³/mol. The molecule has 0 radical (unpaired) electrons. The third kappa shape index (κ3) is 2.76. The normalized spacial score (nSPS) is 13.8. The summed E-state index contributed by atoms with van der Waals surface area (Å²) in [6.07, 6.45) is 11.4. The summed E-state index contributed by atoms with van der Waals surface area (Å²) >= 11 is 0. The van der Waals surface area contributed by atoms with Crippen LogP contribution in [0.4, 0.5) is 0 Å². The Bertz CT molecular complexity index is 1310. The molecule has 4 aromatic rings. The zero-order valence-electron chi connectivity index (χ0n) is 16.8. The van der Waals surface area contributed by atoms with Crippen molar-refractivity contribution in [1.82, 2.24) is 0 Å². The van der Waals surface area contributed by atoms with Gasteiger partial charge in [-0.2, -0.15) is 0 Å². The van der Waals surface area contributed by atoms with Crippen LogP contribution in [0.15, 0.2) is 103 Å². The van der Waals surface area contributed by atoms with E-state index in [4.69, 9.17) is 0 Å². The van der Waals surface area contributed by atoms with Crippen molar-refractivity contribution in [3.8, 4) is 0 Å². The average molecular weight is 383 g/mol. The van der Waals surface area contributed by atoms with Crippen LogP contribution in [0.1, 0.15) is 33.4 Å². The minimum atomic E-state index is 1.01. The average Bonchev–Trinajstić information content (AvgIpc) is 2.82. The molecular formula is C30H22. The van der Waals surface area contributed by atoms with Crippen LogP contribution in [0, 0.1) is 0 Å². The van der Waals surface area contributed by atoms with Gasteiger partial charge in [-0.1, -0.05) is 103 Å². The van der Waals surface area contributed by atoms with Crippen molar-refractivity contribution in [3.05, 3.63) is 137 Å². The van der Waals surface area contributed by atoms with Gasteiger partial charge < -0.3 is 0 Å². The first-order chi connectivity index (χ1) is 14.9. The van der Waals surface area contributed by atoms with Gasteiger partial charge >= 0.3 is 0 Å². The molecule has 30 heavy (non-hydrogen) atoms. The molecule has 0 fully saturated rings. The fourth-order valence-corrected chi connectivity index (χ4v) is 4.89. The van der Waals surface area contributed by atoms with Gasteiger partial charge in [0, 0.05) is 0 Å². The van der Waals surface area contributed by atoms with Crippen molar-refractivity contribution < 1.29 is 0 Å². The molecule has 0 bridgehead atoms. The monoisotopic (exact) mass is 382 g/mol. The van der Waals surface area contributed by atoms with E-state index in [1.165, 1.54) is 55.3 Å². The Morgan fingerprint density at radius 2 is 1.37 bits per heavy atom. The topological polar surface area (TPSA) is 0 Å². The minimum absolute atomic E-state index is 1.01. The largest absolute Gasteiger partial charge is 0.0795 e. The van der Waals surface area contributed by atoms with Crippen LogP contribution in [0.2, 0.25) is 0 Å². The first kappa shape index (κ1) is 17.2. The van der Waals surface area contributed by atoms with Crippen LogP contribution in [-0.2, 0) is 12.8 Å². The van der Waals surface area contributed by atoms with Crippen LogP contribution >= 0.6 is 0 Å². The summed E-state index contributed by atoms with van der Waals surface area (Å²) in [5, 5.41) is 2.81. The van der Waals surface area contributed by atoms with Gasteiger partial charge in [0.2, 0.25) is 0 Å². The van der Waals surface area contributed by atoms with Gasteiger partial charge in [0.1, 0.15) is 0 Å². The third-order valence-corrected chi connectivity index (χ3v) is 6.32. The van der Waals surface area contributed by atoms with E-state index >= 15 is 0 Å². The summed E-state index contributed by atoms with van der Waals surface area (Å²) in [7, 11) is 0. The molecule has 0 amide bonds.